The number of alkyl halides is 3. The molecule has 1 aromatic rings. The largest absolute Gasteiger partial charge is 0.408 e. The minimum absolute atomic E-state index is 0.0797. The van der Waals surface area contributed by atoms with Gasteiger partial charge in [-0.1, -0.05) is 0 Å². The standard InChI is InChI=1S/C12H17F3N4/c1-11(2,3)19-10(17-8-12(13,14)15)18-9-4-6-16-7-5-9/h4-7H,8H2,1-3H3,(H2,16,17,18,19). The van der Waals surface area contributed by atoms with Crippen LogP contribution < -0.4 is 10.6 Å². The molecule has 0 aliphatic carbocycles. The normalized spacial score (nSPS) is 13.3. The van der Waals surface area contributed by atoms with E-state index < -0.39 is 18.3 Å². The minimum Gasteiger partial charge on any atom is -0.352 e. The zero-order valence-corrected chi connectivity index (χ0v) is 11.0. The van der Waals surface area contributed by atoms with Crippen molar-refractivity contribution in [3.63, 3.8) is 0 Å². The lowest BCUT2D eigenvalue weighted by atomic mass is 10.1. The highest BCUT2D eigenvalue weighted by Gasteiger charge is 2.27. The van der Waals surface area contributed by atoms with Gasteiger partial charge in [0, 0.05) is 23.6 Å². The van der Waals surface area contributed by atoms with Crippen molar-refractivity contribution in [3.8, 4) is 0 Å². The molecule has 0 aliphatic heterocycles. The molecule has 0 spiro atoms. The van der Waals surface area contributed by atoms with E-state index in [2.05, 4.69) is 20.6 Å². The molecular formula is C12H17F3N4. The van der Waals surface area contributed by atoms with E-state index in [1.165, 1.54) is 0 Å². The summed E-state index contributed by atoms with van der Waals surface area (Å²) in [6, 6.07) is 3.29. The molecule has 7 heteroatoms. The van der Waals surface area contributed by atoms with Gasteiger partial charge < -0.3 is 10.6 Å². The Morgan fingerprint density at radius 3 is 2.26 bits per heavy atom. The summed E-state index contributed by atoms with van der Waals surface area (Å²) in [5.41, 5.74) is 0.220. The van der Waals surface area contributed by atoms with Crippen LogP contribution in [-0.4, -0.2) is 29.2 Å². The van der Waals surface area contributed by atoms with Gasteiger partial charge in [0.1, 0.15) is 6.54 Å². The average molecular weight is 274 g/mol. The van der Waals surface area contributed by atoms with Gasteiger partial charge in [0.05, 0.1) is 0 Å². The Morgan fingerprint density at radius 1 is 1.21 bits per heavy atom. The Hall–Kier alpha value is -1.79. The molecule has 0 bridgehead atoms. The molecular weight excluding hydrogens is 257 g/mol. The summed E-state index contributed by atoms with van der Waals surface area (Å²) >= 11 is 0. The number of pyridine rings is 1. The minimum atomic E-state index is -4.33. The van der Waals surface area contributed by atoms with Crippen LogP contribution in [0.2, 0.25) is 0 Å². The van der Waals surface area contributed by atoms with Crippen LogP contribution in [0.4, 0.5) is 18.9 Å². The average Bonchev–Trinajstić information content (AvgIpc) is 2.24. The summed E-state index contributed by atoms with van der Waals surface area (Å²) in [5, 5.41) is 5.70. The number of hydrogen-bond donors (Lipinski definition) is 2. The number of rotatable bonds is 2. The first-order chi connectivity index (χ1) is 8.66. The molecule has 106 valence electrons. The number of aliphatic imine (C=N–C) groups is 1. The van der Waals surface area contributed by atoms with Crippen LogP contribution in [0.3, 0.4) is 0 Å². The Kier molecular flexibility index (Phi) is 4.74. The lowest BCUT2D eigenvalue weighted by Crippen LogP contribution is -2.44. The van der Waals surface area contributed by atoms with Gasteiger partial charge in [0.2, 0.25) is 0 Å². The number of nitrogens with one attached hydrogen (secondary N) is 2. The fraction of sp³-hybridized carbons (Fsp3) is 0.500. The highest BCUT2D eigenvalue weighted by molar-refractivity contribution is 5.93. The van der Waals surface area contributed by atoms with Crippen molar-refractivity contribution in [2.24, 2.45) is 4.99 Å². The predicted octanol–water partition coefficient (Wildman–Crippen LogP) is 2.80. The maximum atomic E-state index is 12.2. The number of hydrogen-bond acceptors (Lipinski definition) is 2. The van der Waals surface area contributed by atoms with Crippen LogP contribution in [0, 0.1) is 0 Å². The number of aromatic nitrogens is 1. The maximum absolute atomic E-state index is 12.2. The van der Waals surface area contributed by atoms with E-state index >= 15 is 0 Å². The van der Waals surface area contributed by atoms with Gasteiger partial charge in [-0.05, 0) is 32.9 Å². The smallest absolute Gasteiger partial charge is 0.352 e. The lowest BCUT2D eigenvalue weighted by molar-refractivity contribution is -0.118. The van der Waals surface area contributed by atoms with Crippen LogP contribution in [0.15, 0.2) is 29.5 Å². The summed E-state index contributed by atoms with van der Waals surface area (Å²) in [7, 11) is 0. The van der Waals surface area contributed by atoms with Gasteiger partial charge in [-0.3, -0.25) is 4.98 Å². The Morgan fingerprint density at radius 2 is 1.79 bits per heavy atom. The van der Waals surface area contributed by atoms with Crippen molar-refractivity contribution < 1.29 is 13.2 Å². The number of nitrogens with zero attached hydrogens (tertiary/aromatic N) is 2. The molecule has 0 saturated heterocycles. The number of halogens is 3. The van der Waals surface area contributed by atoms with E-state index in [0.29, 0.717) is 5.69 Å². The van der Waals surface area contributed by atoms with Crippen LogP contribution >= 0.6 is 0 Å². The molecule has 1 aromatic heterocycles. The quantitative estimate of drug-likeness (QED) is 0.644. The topological polar surface area (TPSA) is 49.3 Å². The van der Waals surface area contributed by atoms with Gasteiger partial charge in [0.25, 0.3) is 0 Å². The second-order valence-electron chi connectivity index (χ2n) is 5.02. The predicted molar refractivity (Wildman–Crippen MR) is 69.1 cm³/mol. The molecule has 19 heavy (non-hydrogen) atoms. The van der Waals surface area contributed by atoms with E-state index in [-0.39, 0.29) is 5.96 Å². The first-order valence-corrected chi connectivity index (χ1v) is 5.72. The molecule has 1 rings (SSSR count). The first-order valence-electron chi connectivity index (χ1n) is 5.72. The molecule has 0 atom stereocenters. The van der Waals surface area contributed by atoms with E-state index in [9.17, 15) is 13.2 Å². The van der Waals surface area contributed by atoms with Crippen LogP contribution in [0.1, 0.15) is 20.8 Å². The lowest BCUT2D eigenvalue weighted by Gasteiger charge is -2.24. The maximum Gasteiger partial charge on any atom is 0.408 e. The highest BCUT2D eigenvalue weighted by Crippen LogP contribution is 2.15. The zero-order valence-electron chi connectivity index (χ0n) is 11.0. The molecule has 4 nitrogen and oxygen atoms in total. The molecule has 0 aromatic carbocycles. The van der Waals surface area contributed by atoms with Crippen molar-refractivity contribution in [2.45, 2.75) is 32.5 Å². The Labute approximate surface area is 110 Å². The Balaban J connectivity index is 2.81. The molecule has 0 unspecified atom stereocenters. The third kappa shape index (κ3) is 7.28. The summed E-state index contributed by atoms with van der Waals surface area (Å²) in [4.78, 5) is 7.36. The fourth-order valence-corrected chi connectivity index (χ4v) is 1.21. The number of anilines is 1. The van der Waals surface area contributed by atoms with Gasteiger partial charge in [-0.2, -0.15) is 13.2 Å². The van der Waals surface area contributed by atoms with Gasteiger partial charge in [-0.25, -0.2) is 4.99 Å². The van der Waals surface area contributed by atoms with Crippen molar-refractivity contribution in [3.05, 3.63) is 24.5 Å². The van der Waals surface area contributed by atoms with Gasteiger partial charge in [0.15, 0.2) is 5.96 Å². The van der Waals surface area contributed by atoms with E-state index in [1.54, 1.807) is 24.5 Å². The van der Waals surface area contributed by atoms with Gasteiger partial charge >= 0.3 is 6.18 Å². The van der Waals surface area contributed by atoms with Gasteiger partial charge in [-0.15, -0.1) is 0 Å². The monoisotopic (exact) mass is 274 g/mol. The van der Waals surface area contributed by atoms with Crippen molar-refractivity contribution >= 4 is 11.6 Å². The molecule has 0 radical (unpaired) electrons. The van der Waals surface area contributed by atoms with Crippen molar-refractivity contribution in [1.29, 1.82) is 0 Å². The molecule has 2 N–H and O–H groups in total. The molecule has 1 heterocycles. The second kappa shape index (κ2) is 5.90. The Bertz CT molecular complexity index is 421. The summed E-state index contributed by atoms with van der Waals surface area (Å²) in [6.07, 6.45) is -1.24. The zero-order chi connectivity index (χ0) is 14.5. The highest BCUT2D eigenvalue weighted by atomic mass is 19.4. The van der Waals surface area contributed by atoms with E-state index in [4.69, 9.17) is 0 Å². The van der Waals surface area contributed by atoms with Crippen molar-refractivity contribution in [2.75, 3.05) is 11.9 Å². The summed E-state index contributed by atoms with van der Waals surface area (Å²) in [5.74, 6) is 0.0797. The summed E-state index contributed by atoms with van der Waals surface area (Å²) in [6.45, 7) is 4.28. The fourth-order valence-electron chi connectivity index (χ4n) is 1.21. The SMILES string of the molecule is CC(C)(C)NC(=NCC(F)(F)F)Nc1ccncc1. The van der Waals surface area contributed by atoms with Crippen LogP contribution in [-0.2, 0) is 0 Å². The van der Waals surface area contributed by atoms with E-state index in [1.807, 2.05) is 20.8 Å². The molecule has 0 saturated carbocycles. The van der Waals surface area contributed by atoms with Crippen LogP contribution in [0.25, 0.3) is 0 Å². The molecule has 0 amide bonds. The molecule has 0 fully saturated rings. The first kappa shape index (κ1) is 15.3. The number of guanidine groups is 1. The third-order valence-corrected chi connectivity index (χ3v) is 1.85. The molecule has 0 aliphatic rings. The summed E-state index contributed by atoms with van der Waals surface area (Å²) < 4.78 is 36.6. The second-order valence-corrected chi connectivity index (χ2v) is 5.02. The third-order valence-electron chi connectivity index (χ3n) is 1.85. The van der Waals surface area contributed by atoms with Crippen molar-refractivity contribution in [1.82, 2.24) is 10.3 Å². The van der Waals surface area contributed by atoms with E-state index in [0.717, 1.165) is 0 Å². The van der Waals surface area contributed by atoms with Crippen LogP contribution in [0.5, 0.6) is 0 Å².